The molecule has 0 aromatic heterocycles. The summed E-state index contributed by atoms with van der Waals surface area (Å²) in [7, 11) is 3.57. The molecule has 172 valence electrons. The van der Waals surface area contributed by atoms with Gasteiger partial charge in [0.2, 0.25) is 0 Å². The van der Waals surface area contributed by atoms with Gasteiger partial charge in [-0.1, -0.05) is 13.8 Å². The highest BCUT2D eigenvalue weighted by Gasteiger charge is 2.93. The van der Waals surface area contributed by atoms with E-state index in [-0.39, 0.29) is 65.3 Å². The number of carbonyl (C=O) groups is 1. The van der Waals surface area contributed by atoms with Gasteiger partial charge in [-0.15, -0.1) is 0 Å². The Morgan fingerprint density at radius 2 is 2.06 bits per heavy atom. The Morgan fingerprint density at radius 3 is 2.77 bits per heavy atom. The van der Waals surface area contributed by atoms with Crippen molar-refractivity contribution < 1.29 is 28.8 Å². The molecule has 31 heavy (non-hydrogen) atoms. The summed E-state index contributed by atoms with van der Waals surface area (Å²) in [6.45, 7) is 6.43. The first kappa shape index (κ1) is 19.9. The zero-order chi connectivity index (χ0) is 21.6. The largest absolute Gasteiger partial charge is 0.393 e. The van der Waals surface area contributed by atoms with Gasteiger partial charge in [0.25, 0.3) is 0 Å². The minimum Gasteiger partial charge on any atom is -0.393 e. The lowest BCUT2D eigenvalue weighted by atomic mass is 9.43. The summed E-state index contributed by atoms with van der Waals surface area (Å²) in [5, 5.41) is 11.3. The monoisotopic (exact) mass is 433 g/mol. The van der Waals surface area contributed by atoms with Crippen molar-refractivity contribution in [2.24, 2.45) is 34.5 Å². The average molecular weight is 434 g/mol. The van der Waals surface area contributed by atoms with E-state index in [0.29, 0.717) is 6.42 Å². The number of carbonyl (C=O) groups excluding carboxylic acids is 1. The summed E-state index contributed by atoms with van der Waals surface area (Å²) >= 11 is 0. The van der Waals surface area contributed by atoms with Crippen LogP contribution in [0.25, 0.3) is 0 Å². The molecular weight excluding hydrogens is 398 g/mol. The van der Waals surface area contributed by atoms with Gasteiger partial charge < -0.3 is 24.1 Å². The van der Waals surface area contributed by atoms with Crippen LogP contribution in [0.1, 0.15) is 39.5 Å². The van der Waals surface area contributed by atoms with Crippen molar-refractivity contribution in [1.82, 2.24) is 4.90 Å². The number of likely N-dealkylation sites (N-methyl/N-ethyl adjacent to an activating group) is 1. The standard InChI is InChI=1S/C24H35NO6/c1-5-25-10-21(2)7-6-15(28-3)23-13-8-12-14(26)9-22(16(13)17(12)29-4)24(20(23)25,31-11-30-22)19(27)18(21)23/h12-18,20,26H,5-11H2,1-4H3/t12-,13-,14+,15+,16-,17+,18-,20+,21+,22-,23+,24-/m1/s1. The van der Waals surface area contributed by atoms with Crippen LogP contribution in [-0.4, -0.2) is 85.4 Å². The van der Waals surface area contributed by atoms with E-state index in [0.717, 1.165) is 32.4 Å². The van der Waals surface area contributed by atoms with E-state index in [1.807, 2.05) is 7.11 Å². The molecule has 12 atom stereocenters. The molecule has 3 spiro atoms. The molecule has 7 rings (SSSR count). The van der Waals surface area contributed by atoms with Gasteiger partial charge in [0.05, 0.1) is 24.4 Å². The van der Waals surface area contributed by atoms with E-state index in [9.17, 15) is 9.90 Å². The van der Waals surface area contributed by atoms with Crippen LogP contribution >= 0.6 is 0 Å². The quantitative estimate of drug-likeness (QED) is 0.717. The number of rotatable bonds is 3. The van der Waals surface area contributed by atoms with Gasteiger partial charge in [-0.05, 0) is 37.1 Å². The summed E-state index contributed by atoms with van der Waals surface area (Å²) in [4.78, 5) is 17.2. The molecule has 0 amide bonds. The summed E-state index contributed by atoms with van der Waals surface area (Å²) in [6.07, 6.45) is 2.67. The van der Waals surface area contributed by atoms with Crippen molar-refractivity contribution in [2.45, 2.75) is 75.1 Å². The molecule has 0 aromatic carbocycles. The summed E-state index contributed by atoms with van der Waals surface area (Å²) in [6, 6.07) is -0.0638. The van der Waals surface area contributed by atoms with Crippen LogP contribution in [0, 0.1) is 34.5 Å². The first-order valence-corrected chi connectivity index (χ1v) is 12.2. The molecule has 5 aliphatic carbocycles. The Kier molecular flexibility index (Phi) is 3.67. The fraction of sp³-hybridized carbons (Fsp3) is 0.958. The first-order valence-electron chi connectivity index (χ1n) is 12.2. The molecule has 7 bridgehead atoms. The Hall–Kier alpha value is -0.570. The third-order valence-electron chi connectivity index (χ3n) is 11.3. The van der Waals surface area contributed by atoms with Crippen molar-refractivity contribution in [2.75, 3.05) is 34.1 Å². The van der Waals surface area contributed by atoms with Crippen LogP contribution < -0.4 is 0 Å². The Balaban J connectivity index is 1.58. The van der Waals surface area contributed by atoms with Crippen LogP contribution in [0.5, 0.6) is 0 Å². The molecule has 7 heteroatoms. The van der Waals surface area contributed by atoms with Crippen molar-refractivity contribution in [3.8, 4) is 0 Å². The SMILES string of the molecule is CCN1C[C@]2(C)CC[C@H](OC)[C@@]34[C@@H]5C[C@H]6[C@H](OC)[C@@H]5[C@@]5(C[C@@H]6O)OCO[C@]5(C(=O)[C@H]23)[C@@H]14. The highest BCUT2D eigenvalue weighted by atomic mass is 16.7. The van der Waals surface area contributed by atoms with Crippen LogP contribution in [-0.2, 0) is 23.7 Å². The maximum Gasteiger partial charge on any atom is 0.174 e. The van der Waals surface area contributed by atoms with Gasteiger partial charge in [0, 0.05) is 50.4 Å². The average Bonchev–Trinajstić information content (AvgIpc) is 3.33. The van der Waals surface area contributed by atoms with Crippen LogP contribution in [0.15, 0.2) is 0 Å². The normalized spacial score (nSPS) is 63.5. The van der Waals surface area contributed by atoms with Gasteiger partial charge >= 0.3 is 0 Å². The molecule has 7 aliphatic rings. The van der Waals surface area contributed by atoms with Crippen molar-refractivity contribution in [3.05, 3.63) is 0 Å². The lowest BCUT2D eigenvalue weighted by molar-refractivity contribution is -0.280. The molecule has 1 N–H and O–H groups in total. The highest BCUT2D eigenvalue weighted by molar-refractivity contribution is 5.98. The summed E-state index contributed by atoms with van der Waals surface area (Å²) in [5.41, 5.74) is -2.26. The molecule has 0 radical (unpaired) electrons. The lowest BCUT2D eigenvalue weighted by Crippen LogP contribution is -2.80. The van der Waals surface area contributed by atoms with Crippen LogP contribution in [0.3, 0.4) is 0 Å². The molecular formula is C24H35NO6. The molecule has 7 fully saturated rings. The number of nitrogens with zero attached hydrogens (tertiary/aromatic N) is 1. The number of ketones is 1. The van der Waals surface area contributed by atoms with E-state index in [4.69, 9.17) is 18.9 Å². The third kappa shape index (κ3) is 1.69. The van der Waals surface area contributed by atoms with E-state index in [1.54, 1.807) is 7.11 Å². The fourth-order valence-electron chi connectivity index (χ4n) is 10.9. The molecule has 2 aliphatic heterocycles. The Labute approximate surface area is 183 Å². The Bertz CT molecular complexity index is 852. The van der Waals surface area contributed by atoms with Gasteiger partial charge in [-0.3, -0.25) is 9.69 Å². The molecule has 0 aromatic rings. The minimum absolute atomic E-state index is 0.00875. The molecule has 5 saturated carbocycles. The number of aliphatic hydroxyl groups is 1. The lowest BCUT2D eigenvalue weighted by Gasteiger charge is -2.69. The van der Waals surface area contributed by atoms with E-state index in [1.165, 1.54) is 0 Å². The van der Waals surface area contributed by atoms with Gasteiger partial charge in [0.1, 0.15) is 12.4 Å². The second kappa shape index (κ2) is 5.73. The van der Waals surface area contributed by atoms with Crippen molar-refractivity contribution >= 4 is 5.78 Å². The molecule has 0 unspecified atom stereocenters. The fourth-order valence-corrected chi connectivity index (χ4v) is 10.9. The number of aliphatic hydroxyl groups excluding tert-OH is 1. The number of hydrogen-bond acceptors (Lipinski definition) is 7. The zero-order valence-corrected chi connectivity index (χ0v) is 19.0. The zero-order valence-electron chi connectivity index (χ0n) is 19.0. The summed E-state index contributed by atoms with van der Waals surface area (Å²) < 4.78 is 25.5. The summed E-state index contributed by atoms with van der Waals surface area (Å²) in [5.74, 6) is 0.488. The van der Waals surface area contributed by atoms with Crippen molar-refractivity contribution in [1.29, 1.82) is 0 Å². The second-order valence-electron chi connectivity index (χ2n) is 11.7. The van der Waals surface area contributed by atoms with Crippen LogP contribution in [0.2, 0.25) is 0 Å². The predicted octanol–water partition coefficient (Wildman–Crippen LogP) is 1.22. The van der Waals surface area contributed by atoms with E-state index >= 15 is 0 Å². The van der Waals surface area contributed by atoms with Gasteiger partial charge in [-0.2, -0.15) is 0 Å². The highest BCUT2D eigenvalue weighted by Crippen LogP contribution is 2.81. The Morgan fingerprint density at radius 1 is 1.26 bits per heavy atom. The maximum atomic E-state index is 14.7. The predicted molar refractivity (Wildman–Crippen MR) is 109 cm³/mol. The van der Waals surface area contributed by atoms with Gasteiger partial charge in [-0.25, -0.2) is 0 Å². The minimum atomic E-state index is -1.04. The molecule has 2 heterocycles. The third-order valence-corrected chi connectivity index (χ3v) is 11.3. The smallest absolute Gasteiger partial charge is 0.174 e. The van der Waals surface area contributed by atoms with Crippen LogP contribution in [0.4, 0.5) is 0 Å². The number of Topliss-reactive ketones (excluding diaryl/α,β-unsaturated/α-hetero) is 1. The maximum absolute atomic E-state index is 14.7. The van der Waals surface area contributed by atoms with E-state index < -0.39 is 17.3 Å². The molecule has 2 saturated heterocycles. The number of likely N-dealkylation sites (tertiary alicyclic amines) is 1. The number of methoxy groups -OCH3 is 2. The number of piperidine rings is 1. The second-order valence-corrected chi connectivity index (χ2v) is 11.7. The number of ether oxygens (including phenoxy) is 4. The number of hydrogen-bond donors (Lipinski definition) is 1. The van der Waals surface area contributed by atoms with Crippen molar-refractivity contribution in [3.63, 3.8) is 0 Å². The van der Waals surface area contributed by atoms with Gasteiger partial charge in [0.15, 0.2) is 11.4 Å². The first-order chi connectivity index (χ1) is 14.9. The topological polar surface area (TPSA) is 77.5 Å². The molecule has 7 nitrogen and oxygen atoms in total. The van der Waals surface area contributed by atoms with E-state index in [2.05, 4.69) is 18.7 Å². The number of fused-ring (bicyclic) bond motifs is 1.